The molecule has 0 N–H and O–H groups in total. The number of hydrogen-bond donors (Lipinski definition) is 0. The zero-order chi connectivity index (χ0) is 14.7. The summed E-state index contributed by atoms with van der Waals surface area (Å²) in [6.45, 7) is 6.07. The van der Waals surface area contributed by atoms with Gasteiger partial charge in [0.1, 0.15) is 5.82 Å². The summed E-state index contributed by atoms with van der Waals surface area (Å²) in [5, 5.41) is 0.756. The van der Waals surface area contributed by atoms with Crippen molar-refractivity contribution in [2.24, 2.45) is 0 Å². The molecule has 0 aliphatic carbocycles. The number of ether oxygens (including phenoxy) is 1. The van der Waals surface area contributed by atoms with Gasteiger partial charge >= 0.3 is 11.9 Å². The first-order valence-corrected chi connectivity index (χ1v) is 6.32. The normalized spacial score (nSPS) is 14.6. The van der Waals surface area contributed by atoms with Gasteiger partial charge in [0.2, 0.25) is 0 Å². The summed E-state index contributed by atoms with van der Waals surface area (Å²) in [6.07, 6.45) is 0. The quantitative estimate of drug-likeness (QED) is 0.543. The molecule has 0 bridgehead atoms. The lowest BCUT2D eigenvalue weighted by Gasteiger charge is -2.19. The van der Waals surface area contributed by atoms with Crippen LogP contribution in [-0.4, -0.2) is 11.9 Å². The smallest absolute Gasteiger partial charge is 0.347 e. The molecule has 20 heavy (non-hydrogen) atoms. The van der Waals surface area contributed by atoms with Crippen LogP contribution >= 0.6 is 0 Å². The van der Waals surface area contributed by atoms with Crippen molar-refractivity contribution in [2.45, 2.75) is 26.2 Å². The molecule has 0 saturated heterocycles. The zero-order valence-electron chi connectivity index (χ0n) is 11.4. The summed E-state index contributed by atoms with van der Waals surface area (Å²) in [4.78, 5) is 23.3. The fourth-order valence-corrected chi connectivity index (χ4v) is 2.42. The second-order valence-electron chi connectivity index (χ2n) is 5.97. The number of cyclic esters (lactones) is 2. The molecule has 1 aliphatic rings. The molecule has 0 fully saturated rings. The summed E-state index contributed by atoms with van der Waals surface area (Å²) < 4.78 is 18.6. The molecule has 0 saturated carbocycles. The Bertz CT molecular complexity index is 769. The fourth-order valence-electron chi connectivity index (χ4n) is 2.42. The predicted octanol–water partition coefficient (Wildman–Crippen LogP) is 3.59. The molecule has 3 nitrogen and oxygen atoms in total. The minimum atomic E-state index is -0.785. The molecule has 0 unspecified atom stereocenters. The molecule has 0 aromatic heterocycles. The molecular formula is C16H13FO3. The van der Waals surface area contributed by atoms with E-state index in [1.165, 1.54) is 0 Å². The molecule has 4 heteroatoms. The number of fused-ring (bicyclic) bond motifs is 3. The molecular weight excluding hydrogens is 259 g/mol. The van der Waals surface area contributed by atoms with Crippen LogP contribution in [0.25, 0.3) is 10.8 Å². The Hall–Kier alpha value is -2.23. The van der Waals surface area contributed by atoms with E-state index in [0.29, 0.717) is 10.8 Å². The van der Waals surface area contributed by atoms with Gasteiger partial charge in [-0.1, -0.05) is 32.9 Å². The van der Waals surface area contributed by atoms with Crippen LogP contribution in [0.2, 0.25) is 0 Å². The maximum atomic E-state index is 14.1. The highest BCUT2D eigenvalue weighted by Crippen LogP contribution is 2.34. The Morgan fingerprint density at radius 1 is 1.00 bits per heavy atom. The number of carbonyl (C=O) groups is 2. The minimum absolute atomic E-state index is 0.00561. The number of benzene rings is 2. The van der Waals surface area contributed by atoms with E-state index in [9.17, 15) is 14.0 Å². The largest absolute Gasteiger partial charge is 0.386 e. The average molecular weight is 272 g/mol. The van der Waals surface area contributed by atoms with E-state index in [0.717, 1.165) is 11.6 Å². The van der Waals surface area contributed by atoms with Gasteiger partial charge in [-0.2, -0.15) is 0 Å². The molecule has 0 spiro atoms. The Morgan fingerprint density at radius 2 is 1.70 bits per heavy atom. The third kappa shape index (κ3) is 1.72. The van der Waals surface area contributed by atoms with Gasteiger partial charge in [-0.15, -0.1) is 0 Å². The first-order chi connectivity index (χ1) is 9.29. The van der Waals surface area contributed by atoms with Gasteiger partial charge in [0.15, 0.2) is 0 Å². The van der Waals surface area contributed by atoms with Crippen LogP contribution in [0.1, 0.15) is 47.1 Å². The standard InChI is InChI=1S/C16H13FO3/c1-16(2,3)8-4-5-9-10(6-8)13-11(7-12(9)17)14(18)20-15(13)19/h4-7H,1-3H3. The van der Waals surface area contributed by atoms with Crippen LogP contribution in [0.15, 0.2) is 24.3 Å². The lowest BCUT2D eigenvalue weighted by atomic mass is 9.85. The Labute approximate surface area is 115 Å². The maximum Gasteiger partial charge on any atom is 0.347 e. The molecule has 0 atom stereocenters. The summed E-state index contributed by atoms with van der Waals surface area (Å²) in [5.74, 6) is -2.01. The van der Waals surface area contributed by atoms with Crippen molar-refractivity contribution in [1.29, 1.82) is 0 Å². The molecule has 2 aromatic carbocycles. The third-order valence-corrected chi connectivity index (χ3v) is 3.56. The van der Waals surface area contributed by atoms with Crippen molar-refractivity contribution in [3.05, 3.63) is 46.8 Å². The van der Waals surface area contributed by atoms with Crippen LogP contribution in [0.4, 0.5) is 4.39 Å². The first-order valence-electron chi connectivity index (χ1n) is 6.32. The van der Waals surface area contributed by atoms with Gasteiger partial charge in [-0.05, 0) is 23.1 Å². The SMILES string of the molecule is CC(C)(C)c1ccc2c(F)cc3c(c2c1)C(=O)OC3=O. The van der Waals surface area contributed by atoms with Crippen molar-refractivity contribution in [2.75, 3.05) is 0 Å². The number of esters is 2. The van der Waals surface area contributed by atoms with Crippen molar-refractivity contribution in [3.63, 3.8) is 0 Å². The van der Waals surface area contributed by atoms with E-state index < -0.39 is 17.8 Å². The molecule has 1 heterocycles. The number of rotatable bonds is 0. The van der Waals surface area contributed by atoms with Gasteiger partial charge in [0, 0.05) is 10.8 Å². The summed E-state index contributed by atoms with van der Waals surface area (Å²) >= 11 is 0. The van der Waals surface area contributed by atoms with Crippen molar-refractivity contribution in [3.8, 4) is 0 Å². The van der Waals surface area contributed by atoms with Crippen LogP contribution in [0, 0.1) is 5.82 Å². The molecule has 2 aromatic rings. The van der Waals surface area contributed by atoms with E-state index in [1.807, 2.05) is 26.8 Å². The summed E-state index contributed by atoms with van der Waals surface area (Å²) in [7, 11) is 0. The van der Waals surface area contributed by atoms with Crippen LogP contribution < -0.4 is 0 Å². The van der Waals surface area contributed by atoms with Crippen molar-refractivity contribution >= 4 is 22.7 Å². The minimum Gasteiger partial charge on any atom is -0.386 e. The van der Waals surface area contributed by atoms with Gasteiger partial charge in [-0.3, -0.25) is 0 Å². The third-order valence-electron chi connectivity index (χ3n) is 3.56. The molecule has 1 aliphatic heterocycles. The molecule has 3 rings (SSSR count). The topological polar surface area (TPSA) is 43.4 Å². The highest BCUT2D eigenvalue weighted by molar-refractivity contribution is 6.21. The van der Waals surface area contributed by atoms with E-state index in [1.54, 1.807) is 12.1 Å². The van der Waals surface area contributed by atoms with E-state index in [2.05, 4.69) is 4.74 Å². The van der Waals surface area contributed by atoms with Crippen molar-refractivity contribution < 1.29 is 18.7 Å². The Balaban J connectivity index is 2.42. The predicted molar refractivity (Wildman–Crippen MR) is 72.4 cm³/mol. The highest BCUT2D eigenvalue weighted by atomic mass is 19.1. The average Bonchev–Trinajstić information content (AvgIpc) is 2.63. The lowest BCUT2D eigenvalue weighted by molar-refractivity contribution is 0.0444. The number of halogens is 1. The number of carbonyl (C=O) groups excluding carboxylic acids is 2. The lowest BCUT2D eigenvalue weighted by Crippen LogP contribution is -2.11. The molecule has 102 valence electrons. The Morgan fingerprint density at radius 3 is 2.35 bits per heavy atom. The zero-order valence-corrected chi connectivity index (χ0v) is 11.4. The van der Waals surface area contributed by atoms with Crippen LogP contribution in [0.5, 0.6) is 0 Å². The summed E-state index contributed by atoms with van der Waals surface area (Å²) in [5.41, 5.74) is 0.994. The van der Waals surface area contributed by atoms with E-state index in [-0.39, 0.29) is 16.5 Å². The second kappa shape index (κ2) is 3.88. The van der Waals surface area contributed by atoms with Crippen LogP contribution in [0.3, 0.4) is 0 Å². The van der Waals surface area contributed by atoms with Gasteiger partial charge in [0.25, 0.3) is 0 Å². The molecule has 0 amide bonds. The van der Waals surface area contributed by atoms with Gasteiger partial charge in [-0.25, -0.2) is 14.0 Å². The highest BCUT2D eigenvalue weighted by Gasteiger charge is 2.33. The first kappa shape index (κ1) is 12.8. The maximum absolute atomic E-state index is 14.1. The number of hydrogen-bond acceptors (Lipinski definition) is 3. The molecule has 0 radical (unpaired) electrons. The van der Waals surface area contributed by atoms with Gasteiger partial charge in [0.05, 0.1) is 11.1 Å². The van der Waals surface area contributed by atoms with Crippen molar-refractivity contribution in [1.82, 2.24) is 0 Å². The fraction of sp³-hybridized carbons (Fsp3) is 0.250. The Kier molecular flexibility index (Phi) is 2.48. The monoisotopic (exact) mass is 272 g/mol. The second-order valence-corrected chi connectivity index (χ2v) is 5.97. The van der Waals surface area contributed by atoms with Gasteiger partial charge < -0.3 is 4.74 Å². The van der Waals surface area contributed by atoms with Crippen LogP contribution in [-0.2, 0) is 10.2 Å². The van der Waals surface area contributed by atoms with E-state index >= 15 is 0 Å². The summed E-state index contributed by atoms with van der Waals surface area (Å²) in [6, 6.07) is 6.31. The van der Waals surface area contributed by atoms with E-state index in [4.69, 9.17) is 0 Å².